The molecule has 1 amide bonds. The van der Waals surface area contributed by atoms with Gasteiger partial charge in [0.25, 0.3) is 0 Å². The Morgan fingerprint density at radius 2 is 2.27 bits per heavy atom. The van der Waals surface area contributed by atoms with Crippen LogP contribution in [0.5, 0.6) is 0 Å². The Balaban J connectivity index is 1.75. The molecule has 1 N–H and O–H groups in total. The zero-order valence-corrected chi connectivity index (χ0v) is 13.6. The lowest BCUT2D eigenvalue weighted by molar-refractivity contribution is -0.136. The fourth-order valence-electron chi connectivity index (χ4n) is 2.98. The first-order valence-electron chi connectivity index (χ1n) is 7.82. The van der Waals surface area contributed by atoms with Crippen molar-refractivity contribution < 1.29 is 9.21 Å². The second kappa shape index (κ2) is 5.39. The molecule has 1 atom stereocenters. The molecule has 22 heavy (non-hydrogen) atoms. The lowest BCUT2D eigenvalue weighted by Crippen LogP contribution is -2.64. The van der Waals surface area contributed by atoms with Crippen molar-refractivity contribution >= 4 is 22.7 Å². The number of benzene rings is 1. The normalized spacial score (nSPS) is 22.0. The van der Waals surface area contributed by atoms with Crippen molar-refractivity contribution in [2.75, 3.05) is 18.4 Å². The molecule has 2 aromatic rings. The van der Waals surface area contributed by atoms with E-state index in [1.807, 2.05) is 32.0 Å². The molecule has 0 radical (unpaired) electrons. The van der Waals surface area contributed by atoms with Gasteiger partial charge in [0.1, 0.15) is 5.52 Å². The van der Waals surface area contributed by atoms with Crippen LogP contribution in [0, 0.1) is 12.8 Å². The van der Waals surface area contributed by atoms with E-state index in [4.69, 9.17) is 4.42 Å². The summed E-state index contributed by atoms with van der Waals surface area (Å²) in [6.45, 7) is 10.1. The fourth-order valence-corrected chi connectivity index (χ4v) is 2.98. The third-order valence-electron chi connectivity index (χ3n) is 4.39. The number of aryl methyl sites for hydroxylation is 1. The van der Waals surface area contributed by atoms with Crippen molar-refractivity contribution in [3.8, 4) is 0 Å². The number of anilines is 1. The smallest absolute Gasteiger partial charge is 0.244 e. The number of oxazole rings is 1. The van der Waals surface area contributed by atoms with Gasteiger partial charge in [-0.05, 0) is 31.4 Å². The third kappa shape index (κ3) is 2.61. The lowest BCUT2D eigenvalue weighted by atomic mass is 9.84. The van der Waals surface area contributed by atoms with Gasteiger partial charge in [-0.25, -0.2) is 4.98 Å². The van der Waals surface area contributed by atoms with Crippen LogP contribution in [0.2, 0.25) is 0 Å². The number of amides is 1. The molecule has 2 heterocycles. The number of nitrogens with one attached hydrogen (secondary N) is 1. The number of carbonyl (C=O) groups excluding carboxylic acids is 1. The van der Waals surface area contributed by atoms with Crippen molar-refractivity contribution in [3.05, 3.63) is 24.1 Å². The van der Waals surface area contributed by atoms with Gasteiger partial charge in [0.15, 0.2) is 11.5 Å². The summed E-state index contributed by atoms with van der Waals surface area (Å²) in [7, 11) is 0. The molecule has 5 heteroatoms. The van der Waals surface area contributed by atoms with E-state index in [1.54, 1.807) is 0 Å². The molecule has 1 fully saturated rings. The standard InChI is InChI=1S/C17H23N3O2/c1-11(2)10-20-8-7-17(20,4)16(21)19-13-5-6-14-15(9-13)22-12(3)18-14/h5-6,9,11H,7-8,10H2,1-4H3,(H,19,21). The van der Waals surface area contributed by atoms with Gasteiger partial charge in [0.05, 0.1) is 5.54 Å². The van der Waals surface area contributed by atoms with Gasteiger partial charge in [-0.2, -0.15) is 0 Å². The summed E-state index contributed by atoms with van der Waals surface area (Å²) < 4.78 is 5.52. The highest BCUT2D eigenvalue weighted by Crippen LogP contribution is 2.32. The number of nitrogens with zero attached hydrogens (tertiary/aromatic N) is 2. The van der Waals surface area contributed by atoms with Crippen molar-refractivity contribution in [2.45, 2.75) is 39.7 Å². The van der Waals surface area contributed by atoms with Gasteiger partial charge in [0, 0.05) is 31.8 Å². The van der Waals surface area contributed by atoms with Crippen LogP contribution >= 0.6 is 0 Å². The molecular formula is C17H23N3O2. The molecule has 1 aromatic carbocycles. The second-order valence-corrected chi connectivity index (χ2v) is 6.73. The molecule has 1 aliphatic rings. The lowest BCUT2D eigenvalue weighted by Gasteiger charge is -2.49. The van der Waals surface area contributed by atoms with E-state index in [-0.39, 0.29) is 5.91 Å². The SMILES string of the molecule is Cc1nc2ccc(NC(=O)C3(C)CCN3CC(C)C)cc2o1. The summed E-state index contributed by atoms with van der Waals surface area (Å²) >= 11 is 0. The molecule has 1 aliphatic heterocycles. The predicted molar refractivity (Wildman–Crippen MR) is 86.8 cm³/mol. The minimum absolute atomic E-state index is 0.0509. The van der Waals surface area contributed by atoms with Crippen LogP contribution in [0.25, 0.3) is 11.1 Å². The molecule has 5 nitrogen and oxygen atoms in total. The van der Waals surface area contributed by atoms with Crippen LogP contribution in [0.4, 0.5) is 5.69 Å². The monoisotopic (exact) mass is 301 g/mol. The largest absolute Gasteiger partial charge is 0.441 e. The quantitative estimate of drug-likeness (QED) is 0.942. The summed E-state index contributed by atoms with van der Waals surface area (Å²) in [6.07, 6.45) is 0.898. The zero-order valence-electron chi connectivity index (χ0n) is 13.6. The molecule has 118 valence electrons. The third-order valence-corrected chi connectivity index (χ3v) is 4.39. The number of likely N-dealkylation sites (tertiary alicyclic amines) is 1. The zero-order chi connectivity index (χ0) is 15.9. The van der Waals surface area contributed by atoms with Crippen LogP contribution in [0.3, 0.4) is 0 Å². The van der Waals surface area contributed by atoms with Gasteiger partial charge >= 0.3 is 0 Å². The summed E-state index contributed by atoms with van der Waals surface area (Å²) in [4.78, 5) is 19.2. The Bertz CT molecular complexity index is 707. The molecule has 1 saturated heterocycles. The van der Waals surface area contributed by atoms with Crippen LogP contribution in [-0.2, 0) is 4.79 Å². The van der Waals surface area contributed by atoms with Crippen molar-refractivity contribution in [1.29, 1.82) is 0 Å². The predicted octanol–water partition coefficient (Wildman–Crippen LogP) is 3.20. The van der Waals surface area contributed by atoms with Crippen LogP contribution in [0.15, 0.2) is 22.6 Å². The Labute approximate surface area is 130 Å². The Morgan fingerprint density at radius 1 is 1.50 bits per heavy atom. The molecule has 1 unspecified atom stereocenters. The van der Waals surface area contributed by atoms with Gasteiger partial charge in [-0.3, -0.25) is 9.69 Å². The second-order valence-electron chi connectivity index (χ2n) is 6.73. The van der Waals surface area contributed by atoms with E-state index in [0.29, 0.717) is 17.4 Å². The number of aromatic nitrogens is 1. The average Bonchev–Trinajstić information content (AvgIpc) is 2.82. The topological polar surface area (TPSA) is 58.4 Å². The van der Waals surface area contributed by atoms with Crippen molar-refractivity contribution in [3.63, 3.8) is 0 Å². The van der Waals surface area contributed by atoms with E-state index in [0.717, 1.165) is 30.7 Å². The first-order valence-corrected chi connectivity index (χ1v) is 7.82. The van der Waals surface area contributed by atoms with Crippen molar-refractivity contribution in [1.82, 2.24) is 9.88 Å². The van der Waals surface area contributed by atoms with Crippen LogP contribution in [0.1, 0.15) is 33.1 Å². The minimum atomic E-state index is -0.406. The van der Waals surface area contributed by atoms with Crippen molar-refractivity contribution in [2.24, 2.45) is 5.92 Å². The van der Waals surface area contributed by atoms with Gasteiger partial charge in [-0.15, -0.1) is 0 Å². The minimum Gasteiger partial charge on any atom is -0.441 e. The summed E-state index contributed by atoms with van der Waals surface area (Å²) in [5.74, 6) is 1.24. The van der Waals surface area contributed by atoms with Crippen LogP contribution < -0.4 is 5.32 Å². The van der Waals surface area contributed by atoms with Gasteiger partial charge in [0.2, 0.25) is 5.91 Å². The van der Waals surface area contributed by atoms with Gasteiger partial charge in [-0.1, -0.05) is 13.8 Å². The number of hydrogen-bond donors (Lipinski definition) is 1. The summed E-state index contributed by atoms with van der Waals surface area (Å²) in [5.41, 5.74) is 1.86. The molecular weight excluding hydrogens is 278 g/mol. The highest BCUT2D eigenvalue weighted by Gasteiger charge is 2.46. The Kier molecular flexibility index (Phi) is 3.68. The molecule has 3 rings (SSSR count). The Morgan fingerprint density at radius 3 is 2.91 bits per heavy atom. The first-order chi connectivity index (χ1) is 10.4. The number of hydrogen-bond acceptors (Lipinski definition) is 4. The van der Waals surface area contributed by atoms with E-state index < -0.39 is 5.54 Å². The van der Waals surface area contributed by atoms with E-state index in [2.05, 4.69) is 29.0 Å². The molecule has 0 bridgehead atoms. The van der Waals surface area contributed by atoms with Crippen LogP contribution in [-0.4, -0.2) is 34.4 Å². The number of rotatable bonds is 4. The fraction of sp³-hybridized carbons (Fsp3) is 0.529. The maximum atomic E-state index is 12.7. The molecule has 0 aliphatic carbocycles. The van der Waals surface area contributed by atoms with E-state index in [1.165, 1.54) is 0 Å². The Hall–Kier alpha value is -1.88. The maximum absolute atomic E-state index is 12.7. The molecule has 0 saturated carbocycles. The maximum Gasteiger partial charge on any atom is 0.244 e. The van der Waals surface area contributed by atoms with Gasteiger partial charge < -0.3 is 9.73 Å². The van der Waals surface area contributed by atoms with E-state index >= 15 is 0 Å². The first kappa shape index (κ1) is 15.0. The number of carbonyl (C=O) groups is 1. The summed E-state index contributed by atoms with van der Waals surface area (Å²) in [6, 6.07) is 5.58. The molecule has 1 aromatic heterocycles. The highest BCUT2D eigenvalue weighted by atomic mass is 16.3. The van der Waals surface area contributed by atoms with E-state index in [9.17, 15) is 4.79 Å². The summed E-state index contributed by atoms with van der Waals surface area (Å²) in [5, 5.41) is 3.02. The molecule has 0 spiro atoms. The average molecular weight is 301 g/mol. The number of fused-ring (bicyclic) bond motifs is 1. The highest BCUT2D eigenvalue weighted by molar-refractivity contribution is 5.99.